The number of methoxy groups -OCH3 is 1. The number of unbranched alkanes of at least 4 members (excludes halogenated alkanes) is 1. The maximum atomic E-state index is 12.7. The van der Waals surface area contributed by atoms with Gasteiger partial charge >= 0.3 is 0 Å². The van der Waals surface area contributed by atoms with Crippen molar-refractivity contribution in [1.82, 2.24) is 14.5 Å². The van der Waals surface area contributed by atoms with E-state index in [2.05, 4.69) is 47.7 Å². The number of nitrogens with zero attached hydrogens (tertiary/aromatic N) is 3. The Kier molecular flexibility index (Phi) is 7.43. The molecule has 3 aromatic rings. The van der Waals surface area contributed by atoms with Gasteiger partial charge in [0.1, 0.15) is 5.75 Å². The van der Waals surface area contributed by atoms with Crippen LogP contribution in [0.25, 0.3) is 10.8 Å². The predicted octanol–water partition coefficient (Wildman–Crippen LogP) is 5.21. The number of ether oxygens (including phenoxy) is 1. The molecule has 6 heteroatoms. The largest absolute Gasteiger partial charge is 0.497 e. The minimum atomic E-state index is 0.107. The molecule has 30 heavy (non-hydrogen) atoms. The monoisotopic (exact) mass is 425 g/mol. The van der Waals surface area contributed by atoms with Gasteiger partial charge in [-0.05, 0) is 54.8 Å². The van der Waals surface area contributed by atoms with E-state index in [-0.39, 0.29) is 5.91 Å². The van der Waals surface area contributed by atoms with Crippen molar-refractivity contribution in [1.29, 1.82) is 0 Å². The highest BCUT2D eigenvalue weighted by molar-refractivity contribution is 7.99. The van der Waals surface area contributed by atoms with E-state index in [0.717, 1.165) is 52.3 Å². The van der Waals surface area contributed by atoms with Gasteiger partial charge in [-0.2, -0.15) is 0 Å². The van der Waals surface area contributed by atoms with Crippen LogP contribution < -0.4 is 4.74 Å². The number of carbonyl (C=O) groups is 1. The molecule has 0 aliphatic rings. The van der Waals surface area contributed by atoms with Gasteiger partial charge in [0, 0.05) is 25.8 Å². The summed E-state index contributed by atoms with van der Waals surface area (Å²) in [5.41, 5.74) is 3.35. The quantitative estimate of drug-likeness (QED) is 0.442. The van der Waals surface area contributed by atoms with Crippen molar-refractivity contribution in [2.24, 2.45) is 0 Å². The van der Waals surface area contributed by atoms with Gasteiger partial charge in [-0.25, -0.2) is 4.98 Å². The zero-order chi connectivity index (χ0) is 21.7. The minimum absolute atomic E-state index is 0.107. The number of hydrogen-bond acceptors (Lipinski definition) is 4. The van der Waals surface area contributed by atoms with Gasteiger partial charge in [0.05, 0.1) is 18.6 Å². The average Bonchev–Trinajstić information content (AvgIpc) is 3.02. The first-order valence-corrected chi connectivity index (χ1v) is 11.4. The zero-order valence-corrected chi connectivity index (χ0v) is 19.4. The second-order valence-corrected chi connectivity index (χ2v) is 8.60. The van der Waals surface area contributed by atoms with Crippen LogP contribution in [0.2, 0.25) is 0 Å². The van der Waals surface area contributed by atoms with Crippen LogP contribution in [-0.2, 0) is 17.9 Å². The van der Waals surface area contributed by atoms with Crippen LogP contribution in [0.1, 0.15) is 36.7 Å². The fourth-order valence-corrected chi connectivity index (χ4v) is 4.47. The Morgan fingerprint density at radius 2 is 1.90 bits per heavy atom. The number of amides is 1. The zero-order valence-electron chi connectivity index (χ0n) is 18.6. The summed E-state index contributed by atoms with van der Waals surface area (Å²) in [5.74, 6) is 1.35. The second-order valence-electron chi connectivity index (χ2n) is 7.66. The predicted molar refractivity (Wildman–Crippen MR) is 124 cm³/mol. The smallest absolute Gasteiger partial charge is 0.233 e. The van der Waals surface area contributed by atoms with Crippen molar-refractivity contribution in [2.45, 2.75) is 51.9 Å². The van der Waals surface area contributed by atoms with Gasteiger partial charge in [-0.3, -0.25) is 4.79 Å². The van der Waals surface area contributed by atoms with E-state index in [4.69, 9.17) is 4.74 Å². The van der Waals surface area contributed by atoms with Crippen LogP contribution in [0.3, 0.4) is 0 Å². The third-order valence-corrected chi connectivity index (χ3v) is 6.40. The molecule has 3 rings (SSSR count). The van der Waals surface area contributed by atoms with Gasteiger partial charge in [-0.15, -0.1) is 0 Å². The number of benzene rings is 2. The minimum Gasteiger partial charge on any atom is -0.497 e. The molecule has 0 saturated heterocycles. The maximum absolute atomic E-state index is 12.7. The molecule has 0 bridgehead atoms. The first kappa shape index (κ1) is 22.2. The maximum Gasteiger partial charge on any atom is 0.233 e. The molecule has 2 aromatic carbocycles. The van der Waals surface area contributed by atoms with Crippen LogP contribution in [0.5, 0.6) is 5.75 Å². The lowest BCUT2D eigenvalue weighted by atomic mass is 10.1. The molecule has 0 atom stereocenters. The molecular weight excluding hydrogens is 394 g/mol. The van der Waals surface area contributed by atoms with Gasteiger partial charge < -0.3 is 14.2 Å². The molecule has 0 aliphatic carbocycles. The highest BCUT2D eigenvalue weighted by Gasteiger charge is 2.15. The van der Waals surface area contributed by atoms with E-state index in [0.29, 0.717) is 12.3 Å². The number of fused-ring (bicyclic) bond motifs is 1. The van der Waals surface area contributed by atoms with Crippen LogP contribution >= 0.6 is 11.8 Å². The lowest BCUT2D eigenvalue weighted by molar-refractivity contribution is -0.127. The molecule has 1 aromatic heterocycles. The first-order chi connectivity index (χ1) is 14.4. The van der Waals surface area contributed by atoms with E-state index in [1.54, 1.807) is 12.0 Å². The molecule has 0 aliphatic heterocycles. The Balaban J connectivity index is 1.62. The van der Waals surface area contributed by atoms with Crippen molar-refractivity contribution >= 4 is 28.4 Å². The van der Waals surface area contributed by atoms with E-state index >= 15 is 0 Å². The van der Waals surface area contributed by atoms with Crippen LogP contribution in [0, 0.1) is 13.8 Å². The van der Waals surface area contributed by atoms with Crippen LogP contribution in [0.15, 0.2) is 41.6 Å². The molecule has 0 unspecified atom stereocenters. The lowest BCUT2D eigenvalue weighted by Crippen LogP contribution is -2.27. The summed E-state index contributed by atoms with van der Waals surface area (Å²) in [6.07, 6.45) is 2.26. The highest BCUT2D eigenvalue weighted by atomic mass is 32.2. The number of rotatable bonds is 9. The van der Waals surface area contributed by atoms with Crippen LogP contribution in [-0.4, -0.2) is 40.3 Å². The SMILES string of the molecule is CCCCn1c(SCC(=O)N(C)Cc2ccc3cc(OC)ccc3c2)nc(C)c1C. The Labute approximate surface area is 183 Å². The normalized spacial score (nSPS) is 11.1. The number of thioether (sulfide) groups is 1. The third kappa shape index (κ3) is 5.17. The number of carbonyl (C=O) groups excluding carboxylic acids is 1. The van der Waals surface area contributed by atoms with Crippen molar-refractivity contribution in [3.8, 4) is 5.75 Å². The Morgan fingerprint density at radius 1 is 1.17 bits per heavy atom. The summed E-state index contributed by atoms with van der Waals surface area (Å²) in [4.78, 5) is 19.2. The number of imidazole rings is 1. The molecule has 0 spiro atoms. The summed E-state index contributed by atoms with van der Waals surface area (Å²) in [6, 6.07) is 12.3. The van der Waals surface area contributed by atoms with Crippen LogP contribution in [0.4, 0.5) is 0 Å². The third-order valence-electron chi connectivity index (χ3n) is 5.44. The Bertz CT molecular complexity index is 1030. The number of aryl methyl sites for hydroxylation is 1. The fourth-order valence-electron chi connectivity index (χ4n) is 3.41. The molecule has 0 saturated carbocycles. The van der Waals surface area contributed by atoms with Gasteiger partial charge in [0.2, 0.25) is 5.91 Å². The van der Waals surface area contributed by atoms with Gasteiger partial charge in [-0.1, -0.05) is 43.3 Å². The van der Waals surface area contributed by atoms with Crippen molar-refractivity contribution in [2.75, 3.05) is 19.9 Å². The number of aromatic nitrogens is 2. The molecule has 0 N–H and O–H groups in total. The van der Waals surface area contributed by atoms with E-state index in [1.165, 1.54) is 17.5 Å². The molecule has 160 valence electrons. The van der Waals surface area contributed by atoms with Gasteiger partial charge in [0.15, 0.2) is 5.16 Å². The topological polar surface area (TPSA) is 47.4 Å². The van der Waals surface area contributed by atoms with E-state index < -0.39 is 0 Å². The summed E-state index contributed by atoms with van der Waals surface area (Å²) in [6.45, 7) is 7.87. The summed E-state index contributed by atoms with van der Waals surface area (Å²) in [7, 11) is 3.54. The molecule has 1 amide bonds. The highest BCUT2D eigenvalue weighted by Crippen LogP contribution is 2.24. The summed E-state index contributed by atoms with van der Waals surface area (Å²) in [5, 5.41) is 3.22. The van der Waals surface area contributed by atoms with Crippen molar-refractivity contribution < 1.29 is 9.53 Å². The molecule has 1 heterocycles. The van der Waals surface area contributed by atoms with Crippen molar-refractivity contribution in [3.05, 3.63) is 53.3 Å². The Morgan fingerprint density at radius 3 is 2.63 bits per heavy atom. The fraction of sp³-hybridized carbons (Fsp3) is 0.417. The molecule has 5 nitrogen and oxygen atoms in total. The second kappa shape index (κ2) is 10.0. The summed E-state index contributed by atoms with van der Waals surface area (Å²) < 4.78 is 7.53. The number of hydrogen-bond donors (Lipinski definition) is 0. The average molecular weight is 426 g/mol. The molecule has 0 radical (unpaired) electrons. The lowest BCUT2D eigenvalue weighted by Gasteiger charge is -2.18. The van der Waals surface area contributed by atoms with Crippen molar-refractivity contribution in [3.63, 3.8) is 0 Å². The molecule has 0 fully saturated rings. The molecular formula is C24H31N3O2S. The summed E-state index contributed by atoms with van der Waals surface area (Å²) >= 11 is 1.53. The van der Waals surface area contributed by atoms with Gasteiger partial charge in [0.25, 0.3) is 0 Å². The van der Waals surface area contributed by atoms with E-state index in [1.807, 2.05) is 26.1 Å². The van der Waals surface area contributed by atoms with E-state index in [9.17, 15) is 4.79 Å². The standard InChI is InChI=1S/C24H31N3O2S/c1-6-7-12-27-18(3)17(2)25-24(27)30-16-23(28)26(4)15-19-8-9-21-14-22(29-5)11-10-20(21)13-19/h8-11,13-14H,6-7,12,15-16H2,1-5H3. The Hall–Kier alpha value is -2.47. The first-order valence-electron chi connectivity index (χ1n) is 10.4.